The molecule has 0 amide bonds. The summed E-state index contributed by atoms with van der Waals surface area (Å²) in [6.07, 6.45) is -0.111. The van der Waals surface area contributed by atoms with Crippen LogP contribution in [-0.2, 0) is 0 Å². The van der Waals surface area contributed by atoms with Gasteiger partial charge in [-0.15, -0.1) is 0 Å². The molecular weight excluding hydrogens is 180 g/mol. The summed E-state index contributed by atoms with van der Waals surface area (Å²) in [7, 11) is 0. The van der Waals surface area contributed by atoms with E-state index in [1.807, 2.05) is 22.3 Å². The zero-order valence-electron chi connectivity index (χ0n) is 3.14. The third-order valence-electron chi connectivity index (χ3n) is 0.241. The molecule has 0 bridgehead atoms. The summed E-state index contributed by atoms with van der Waals surface area (Å²) >= 11 is 1.89. The Bertz CT molecular complexity index is 20.9. The molecule has 0 aliphatic carbocycles. The molecule has 1 nitrogen and oxygen atoms in total. The number of rotatable bonds is 1. The Labute approximate surface area is 45.3 Å². The van der Waals surface area contributed by atoms with Crippen molar-refractivity contribution in [2.75, 3.05) is 0 Å². The number of hydrogen-bond acceptors (Lipinski definition) is 1. The summed E-state index contributed by atoms with van der Waals surface area (Å²) < 4.78 is 0.871. The Kier molecular flexibility index (Phi) is 3.40. The van der Waals surface area contributed by atoms with E-state index in [9.17, 15) is 0 Å². The van der Waals surface area contributed by atoms with Gasteiger partial charge >= 0.3 is 44.9 Å². The zero-order chi connectivity index (χ0) is 4.28. The minimum absolute atomic E-state index is 0.111. The fourth-order valence-electron chi connectivity index (χ4n) is 0. The molecule has 0 spiro atoms. The Morgan fingerprint density at radius 1 is 2.00 bits per heavy atom. The topological polar surface area (TPSA) is 20.2 Å². The van der Waals surface area contributed by atoms with Crippen LogP contribution in [0.4, 0.5) is 0 Å². The maximum absolute atomic E-state index is 8.36. The summed E-state index contributed by atoms with van der Waals surface area (Å²) in [5.74, 6) is 0. The molecule has 5 heavy (non-hydrogen) atoms. The molecule has 0 aliphatic heterocycles. The second-order valence-corrected chi connectivity index (χ2v) is 1.97. The monoisotopic (exact) mass is 189 g/mol. The van der Waals surface area contributed by atoms with E-state index >= 15 is 0 Å². The fraction of sp³-hybridized carbons (Fsp3) is 1.00. The molecule has 2 heteroatoms. The summed E-state index contributed by atoms with van der Waals surface area (Å²) in [4.78, 5) is 0. The van der Waals surface area contributed by atoms with Gasteiger partial charge in [0.25, 0.3) is 0 Å². The van der Waals surface area contributed by atoms with Gasteiger partial charge in [-0.1, -0.05) is 0 Å². The summed E-state index contributed by atoms with van der Waals surface area (Å²) in [5.41, 5.74) is 0. The molecule has 0 aromatic heterocycles. The quantitative estimate of drug-likeness (QED) is 0.570. The van der Waals surface area contributed by atoms with E-state index in [-0.39, 0.29) is 6.10 Å². The molecule has 31 valence electrons. The van der Waals surface area contributed by atoms with Crippen LogP contribution in [0.2, 0.25) is 4.47 Å². The number of aliphatic hydroxyl groups is 1. The van der Waals surface area contributed by atoms with E-state index in [1.165, 1.54) is 0 Å². The van der Waals surface area contributed by atoms with Gasteiger partial charge in [-0.3, -0.25) is 0 Å². The number of hydrogen-bond donors (Lipinski definition) is 1. The minimum atomic E-state index is -0.111. The van der Waals surface area contributed by atoms with Crippen LogP contribution < -0.4 is 0 Å². The van der Waals surface area contributed by atoms with Crippen LogP contribution in [0.1, 0.15) is 6.92 Å². The van der Waals surface area contributed by atoms with Crippen molar-refractivity contribution in [2.45, 2.75) is 17.5 Å². The van der Waals surface area contributed by atoms with Crippen LogP contribution in [0.25, 0.3) is 0 Å². The van der Waals surface area contributed by atoms with E-state index < -0.39 is 0 Å². The van der Waals surface area contributed by atoms with Gasteiger partial charge < -0.3 is 0 Å². The summed E-state index contributed by atoms with van der Waals surface area (Å²) in [6.45, 7) is 1.78. The molecule has 1 N–H and O–H groups in total. The van der Waals surface area contributed by atoms with Crippen LogP contribution in [0.3, 0.4) is 0 Å². The molecule has 1 atom stereocenters. The molecule has 0 rings (SSSR count). The van der Waals surface area contributed by atoms with E-state index in [0.29, 0.717) is 0 Å². The second-order valence-electron chi connectivity index (χ2n) is 1.02. The average molecular weight is 187 g/mol. The predicted octanol–water partition coefficient (Wildman–Crippen LogP) is -0.0460. The van der Waals surface area contributed by atoms with Gasteiger partial charge in [0.15, 0.2) is 0 Å². The van der Waals surface area contributed by atoms with Gasteiger partial charge in [0.2, 0.25) is 0 Å². The van der Waals surface area contributed by atoms with Gasteiger partial charge in [-0.05, 0) is 0 Å². The Hall–Kier alpha value is 0.750. The SMILES string of the molecule is CC(O)C[Te]. The Morgan fingerprint density at radius 2 is 2.20 bits per heavy atom. The molecule has 1 unspecified atom stereocenters. The zero-order valence-corrected chi connectivity index (χ0v) is 5.47. The van der Waals surface area contributed by atoms with E-state index in [0.717, 1.165) is 4.47 Å². The van der Waals surface area contributed by atoms with Crippen LogP contribution in [0.5, 0.6) is 0 Å². The van der Waals surface area contributed by atoms with Crippen molar-refractivity contribution in [1.82, 2.24) is 0 Å². The van der Waals surface area contributed by atoms with Crippen LogP contribution in [0, 0.1) is 0 Å². The molecular formula is C3H7OTe. The first-order valence-electron chi connectivity index (χ1n) is 1.53. The Morgan fingerprint density at radius 3 is 2.20 bits per heavy atom. The molecule has 0 fully saturated rings. The fourth-order valence-corrected chi connectivity index (χ4v) is 0. The third-order valence-corrected chi connectivity index (χ3v) is 1.62. The van der Waals surface area contributed by atoms with E-state index in [4.69, 9.17) is 5.11 Å². The van der Waals surface area contributed by atoms with Gasteiger partial charge in [0, 0.05) is 0 Å². The standard InChI is InChI=1S/C3H7OTe/c1-3(4)2-5/h3-4H,2H2,1H3. The summed E-state index contributed by atoms with van der Waals surface area (Å²) in [5, 5.41) is 8.36. The molecule has 0 saturated carbocycles. The third kappa shape index (κ3) is 4.75. The maximum atomic E-state index is 8.36. The van der Waals surface area contributed by atoms with Gasteiger partial charge in [-0.25, -0.2) is 0 Å². The van der Waals surface area contributed by atoms with Crippen molar-refractivity contribution >= 4 is 22.3 Å². The molecule has 0 aromatic carbocycles. The van der Waals surface area contributed by atoms with Gasteiger partial charge in [0.05, 0.1) is 0 Å². The van der Waals surface area contributed by atoms with Crippen molar-refractivity contribution in [2.24, 2.45) is 0 Å². The first-order valence-corrected chi connectivity index (χ1v) is 3.18. The van der Waals surface area contributed by atoms with Gasteiger partial charge in [0.1, 0.15) is 0 Å². The van der Waals surface area contributed by atoms with E-state index in [1.54, 1.807) is 6.92 Å². The first-order chi connectivity index (χ1) is 2.27. The number of aliphatic hydroxyl groups excluding tert-OH is 1. The van der Waals surface area contributed by atoms with Crippen LogP contribution in [0.15, 0.2) is 0 Å². The molecule has 0 aliphatic rings. The normalized spacial score (nSPS) is 15.0. The van der Waals surface area contributed by atoms with Crippen LogP contribution in [-0.4, -0.2) is 33.5 Å². The first kappa shape index (κ1) is 5.75. The van der Waals surface area contributed by atoms with Crippen molar-refractivity contribution in [1.29, 1.82) is 0 Å². The van der Waals surface area contributed by atoms with Crippen molar-refractivity contribution in [3.8, 4) is 0 Å². The Balaban J connectivity index is 2.54. The molecule has 0 heterocycles. The van der Waals surface area contributed by atoms with Crippen molar-refractivity contribution < 1.29 is 5.11 Å². The molecule has 0 aromatic rings. The molecule has 1 radical (unpaired) electrons. The average Bonchev–Trinajstić information content (AvgIpc) is 1.38. The predicted molar refractivity (Wildman–Crippen MR) is 22.2 cm³/mol. The molecule has 0 saturated heterocycles. The van der Waals surface area contributed by atoms with Gasteiger partial charge in [-0.2, -0.15) is 0 Å². The summed E-state index contributed by atoms with van der Waals surface area (Å²) in [6, 6.07) is 0. The second kappa shape index (κ2) is 2.96. The van der Waals surface area contributed by atoms with Crippen molar-refractivity contribution in [3.63, 3.8) is 0 Å². The van der Waals surface area contributed by atoms with Crippen LogP contribution >= 0.6 is 0 Å². The van der Waals surface area contributed by atoms with E-state index in [2.05, 4.69) is 0 Å². The van der Waals surface area contributed by atoms with Crippen molar-refractivity contribution in [3.05, 3.63) is 0 Å².